The third-order valence-electron chi connectivity index (χ3n) is 2.69. The highest BCUT2D eigenvalue weighted by molar-refractivity contribution is 7.94. The van der Waals surface area contributed by atoms with Crippen LogP contribution < -0.4 is 4.72 Å². The number of thiophene rings is 1. The number of rotatable bonds is 4. The molecule has 0 saturated carbocycles. The molecule has 0 fully saturated rings. The van der Waals surface area contributed by atoms with Gasteiger partial charge in [0.15, 0.2) is 0 Å². The number of carboxylic acid groups (broad SMARTS) is 1. The van der Waals surface area contributed by atoms with Crippen molar-refractivity contribution in [2.45, 2.75) is 11.1 Å². The van der Waals surface area contributed by atoms with Crippen molar-refractivity contribution in [3.05, 3.63) is 46.3 Å². The summed E-state index contributed by atoms with van der Waals surface area (Å²) in [6, 6.07) is 9.09. The highest BCUT2D eigenvalue weighted by Gasteiger charge is 2.21. The lowest BCUT2D eigenvalue weighted by Gasteiger charge is -2.11. The minimum Gasteiger partial charge on any atom is -0.478 e. The van der Waals surface area contributed by atoms with E-state index >= 15 is 0 Å². The summed E-state index contributed by atoms with van der Waals surface area (Å²) in [6.07, 6.45) is 0. The number of nitriles is 1. The fourth-order valence-electron chi connectivity index (χ4n) is 1.76. The van der Waals surface area contributed by atoms with Crippen molar-refractivity contribution in [3.8, 4) is 6.07 Å². The van der Waals surface area contributed by atoms with Crippen LogP contribution in [0.4, 0.5) is 5.69 Å². The third kappa shape index (κ3) is 3.04. The fraction of sp³-hybridized carbons (Fsp3) is 0.0769. The zero-order valence-electron chi connectivity index (χ0n) is 10.8. The van der Waals surface area contributed by atoms with E-state index in [1.165, 1.54) is 18.2 Å². The number of nitrogens with zero attached hydrogens (tertiary/aromatic N) is 1. The molecule has 0 unspecified atom stereocenters. The second-order valence-electron chi connectivity index (χ2n) is 4.14. The van der Waals surface area contributed by atoms with Crippen LogP contribution in [0.3, 0.4) is 0 Å². The Morgan fingerprint density at radius 2 is 2.05 bits per heavy atom. The van der Waals surface area contributed by atoms with Crippen LogP contribution in [0.5, 0.6) is 0 Å². The highest BCUT2D eigenvalue weighted by atomic mass is 32.2. The van der Waals surface area contributed by atoms with Gasteiger partial charge in [0, 0.05) is 0 Å². The van der Waals surface area contributed by atoms with Gasteiger partial charge in [-0.05, 0) is 30.7 Å². The van der Waals surface area contributed by atoms with E-state index in [9.17, 15) is 18.3 Å². The first kappa shape index (κ1) is 15.0. The van der Waals surface area contributed by atoms with E-state index in [0.29, 0.717) is 5.56 Å². The Labute approximate surface area is 125 Å². The molecular weight excluding hydrogens is 312 g/mol. The van der Waals surface area contributed by atoms with Gasteiger partial charge < -0.3 is 5.11 Å². The summed E-state index contributed by atoms with van der Waals surface area (Å²) in [4.78, 5) is 11.5. The Morgan fingerprint density at radius 3 is 2.62 bits per heavy atom. The molecule has 1 aromatic carbocycles. The predicted molar refractivity (Wildman–Crippen MR) is 78.0 cm³/mol. The number of aryl methyl sites for hydroxylation is 1. The summed E-state index contributed by atoms with van der Waals surface area (Å²) >= 11 is 0.819. The van der Waals surface area contributed by atoms with Gasteiger partial charge in [0.1, 0.15) is 15.2 Å². The second kappa shape index (κ2) is 5.55. The maximum Gasteiger partial charge on any atom is 0.338 e. The summed E-state index contributed by atoms with van der Waals surface area (Å²) in [6.45, 7) is 1.58. The first-order valence-electron chi connectivity index (χ1n) is 5.71. The molecular formula is C13H10N2O4S2. The number of carboxylic acids is 1. The topological polar surface area (TPSA) is 107 Å². The number of nitrogens with one attached hydrogen (secondary N) is 1. The normalized spacial score (nSPS) is 10.9. The van der Waals surface area contributed by atoms with Gasteiger partial charge in [-0.3, -0.25) is 4.72 Å². The third-order valence-corrected chi connectivity index (χ3v) is 5.53. The molecule has 8 heteroatoms. The Balaban J connectivity index is 2.45. The summed E-state index contributed by atoms with van der Waals surface area (Å²) < 4.78 is 26.6. The van der Waals surface area contributed by atoms with E-state index in [-0.39, 0.29) is 20.3 Å². The van der Waals surface area contributed by atoms with Crippen molar-refractivity contribution in [1.82, 2.24) is 0 Å². The van der Waals surface area contributed by atoms with Crippen LogP contribution in [-0.4, -0.2) is 19.5 Å². The minimum absolute atomic E-state index is 0.00518. The monoisotopic (exact) mass is 322 g/mol. The van der Waals surface area contributed by atoms with Crippen LogP contribution in [0.1, 0.15) is 20.8 Å². The molecule has 0 aliphatic carbocycles. The minimum atomic E-state index is -3.92. The molecule has 108 valence electrons. The van der Waals surface area contributed by atoms with Gasteiger partial charge in [0.05, 0.1) is 11.3 Å². The van der Waals surface area contributed by atoms with Crippen LogP contribution in [-0.2, 0) is 10.0 Å². The van der Waals surface area contributed by atoms with E-state index in [1.54, 1.807) is 19.1 Å². The lowest BCUT2D eigenvalue weighted by Crippen LogP contribution is -2.15. The molecule has 0 atom stereocenters. The van der Waals surface area contributed by atoms with E-state index < -0.39 is 16.0 Å². The van der Waals surface area contributed by atoms with Gasteiger partial charge in [-0.2, -0.15) is 5.26 Å². The Kier molecular flexibility index (Phi) is 3.97. The molecule has 1 heterocycles. The molecule has 0 spiro atoms. The maximum absolute atomic E-state index is 12.2. The van der Waals surface area contributed by atoms with Crippen LogP contribution in [0, 0.1) is 18.3 Å². The fourth-order valence-corrected chi connectivity index (χ4v) is 3.93. The SMILES string of the molecule is Cc1cccc(NS(=O)(=O)c2ccc(C#N)s2)c1C(=O)O. The summed E-state index contributed by atoms with van der Waals surface area (Å²) in [7, 11) is -3.92. The van der Waals surface area contributed by atoms with Crippen molar-refractivity contribution in [3.63, 3.8) is 0 Å². The van der Waals surface area contributed by atoms with E-state index in [2.05, 4.69) is 4.72 Å². The van der Waals surface area contributed by atoms with Gasteiger partial charge in [0.25, 0.3) is 10.0 Å². The van der Waals surface area contributed by atoms with Crippen LogP contribution in [0.2, 0.25) is 0 Å². The number of benzene rings is 1. The molecule has 0 aliphatic heterocycles. The largest absolute Gasteiger partial charge is 0.478 e. The molecule has 0 bridgehead atoms. The smallest absolute Gasteiger partial charge is 0.338 e. The average molecular weight is 322 g/mol. The van der Waals surface area contributed by atoms with Gasteiger partial charge in [-0.1, -0.05) is 12.1 Å². The van der Waals surface area contributed by atoms with Crippen LogP contribution >= 0.6 is 11.3 Å². The van der Waals surface area contributed by atoms with Crippen molar-refractivity contribution < 1.29 is 18.3 Å². The molecule has 6 nitrogen and oxygen atoms in total. The number of aromatic carboxylic acids is 1. The first-order chi connectivity index (χ1) is 9.85. The van der Waals surface area contributed by atoms with Crippen LogP contribution in [0.15, 0.2) is 34.5 Å². The lowest BCUT2D eigenvalue weighted by atomic mass is 10.1. The van der Waals surface area contributed by atoms with Gasteiger partial charge in [-0.15, -0.1) is 11.3 Å². The molecule has 21 heavy (non-hydrogen) atoms. The van der Waals surface area contributed by atoms with Crippen molar-refractivity contribution in [1.29, 1.82) is 5.26 Å². The van der Waals surface area contributed by atoms with E-state index in [4.69, 9.17) is 5.26 Å². The second-order valence-corrected chi connectivity index (χ2v) is 7.13. The predicted octanol–water partition coefficient (Wildman–Crippen LogP) is 2.43. The quantitative estimate of drug-likeness (QED) is 0.899. The number of hydrogen-bond donors (Lipinski definition) is 2. The molecule has 0 amide bonds. The number of carbonyl (C=O) groups is 1. The van der Waals surface area contributed by atoms with Crippen LogP contribution in [0.25, 0.3) is 0 Å². The molecule has 1 aromatic heterocycles. The molecule has 0 saturated heterocycles. The zero-order valence-corrected chi connectivity index (χ0v) is 12.5. The summed E-state index contributed by atoms with van der Waals surface area (Å²) in [5, 5.41) is 17.9. The van der Waals surface area contributed by atoms with Gasteiger partial charge in [-0.25, -0.2) is 13.2 Å². The molecule has 0 radical (unpaired) electrons. The van der Waals surface area contributed by atoms with Crippen molar-refractivity contribution in [2.24, 2.45) is 0 Å². The Hall–Kier alpha value is -2.37. The summed E-state index contributed by atoms with van der Waals surface area (Å²) in [5.41, 5.74) is 0.346. The zero-order chi connectivity index (χ0) is 15.6. The van der Waals surface area contributed by atoms with Gasteiger partial charge in [0.2, 0.25) is 0 Å². The Bertz CT molecular complexity index is 847. The highest BCUT2D eigenvalue weighted by Crippen LogP contribution is 2.26. The average Bonchev–Trinajstić information content (AvgIpc) is 2.87. The number of sulfonamides is 1. The lowest BCUT2D eigenvalue weighted by molar-refractivity contribution is 0.0697. The number of anilines is 1. The molecule has 0 aliphatic rings. The van der Waals surface area contributed by atoms with E-state index in [1.807, 2.05) is 6.07 Å². The summed E-state index contributed by atoms with van der Waals surface area (Å²) in [5.74, 6) is -1.21. The number of hydrogen-bond acceptors (Lipinski definition) is 5. The maximum atomic E-state index is 12.2. The Morgan fingerprint density at radius 1 is 1.33 bits per heavy atom. The first-order valence-corrected chi connectivity index (χ1v) is 8.01. The van der Waals surface area contributed by atoms with Gasteiger partial charge >= 0.3 is 5.97 Å². The van der Waals surface area contributed by atoms with E-state index in [0.717, 1.165) is 11.3 Å². The molecule has 2 rings (SSSR count). The molecule has 2 aromatic rings. The van der Waals surface area contributed by atoms with Crippen molar-refractivity contribution in [2.75, 3.05) is 4.72 Å². The standard InChI is InChI=1S/C13H10N2O4S2/c1-8-3-2-4-10(12(8)13(16)17)15-21(18,19)11-6-5-9(7-14)20-11/h2-6,15H,1H3,(H,16,17). The van der Waals surface area contributed by atoms with Crippen molar-refractivity contribution >= 4 is 33.0 Å². The molecule has 2 N–H and O–H groups in total.